The van der Waals surface area contributed by atoms with E-state index in [1.54, 1.807) is 0 Å². The van der Waals surface area contributed by atoms with Crippen molar-refractivity contribution in [2.24, 2.45) is 0 Å². The van der Waals surface area contributed by atoms with Crippen molar-refractivity contribution in [3.63, 3.8) is 0 Å². The molecule has 1 N–H and O–H groups in total. The second-order valence-corrected chi connectivity index (χ2v) is 8.44. The molecule has 4 rings (SSSR count). The van der Waals surface area contributed by atoms with Gasteiger partial charge in [0.15, 0.2) is 0 Å². The lowest BCUT2D eigenvalue weighted by atomic mass is 10.1. The minimum atomic E-state index is 0.169. The SMILES string of the molecule is c1ccc(C2CN(CCOc3ccc(CC4CNCS4)cc3)CCO2)cc1. The molecule has 2 aromatic carbocycles. The van der Waals surface area contributed by atoms with Gasteiger partial charge in [0.2, 0.25) is 0 Å². The molecule has 144 valence electrons. The molecule has 0 aliphatic carbocycles. The third kappa shape index (κ3) is 5.48. The molecule has 2 saturated heterocycles. The first-order chi connectivity index (χ1) is 13.4. The molecular formula is C22H28N2O2S. The Balaban J connectivity index is 1.21. The van der Waals surface area contributed by atoms with Crippen LogP contribution in [0.5, 0.6) is 5.75 Å². The van der Waals surface area contributed by atoms with E-state index in [0.29, 0.717) is 11.9 Å². The highest BCUT2D eigenvalue weighted by molar-refractivity contribution is 8.00. The largest absolute Gasteiger partial charge is 0.492 e. The highest BCUT2D eigenvalue weighted by Crippen LogP contribution is 2.23. The zero-order chi connectivity index (χ0) is 18.3. The monoisotopic (exact) mass is 384 g/mol. The summed E-state index contributed by atoms with van der Waals surface area (Å²) in [5, 5.41) is 4.11. The molecule has 2 aliphatic rings. The molecule has 0 saturated carbocycles. The Morgan fingerprint density at radius 2 is 1.96 bits per heavy atom. The summed E-state index contributed by atoms with van der Waals surface area (Å²) in [6, 6.07) is 19.1. The average molecular weight is 385 g/mol. The molecule has 2 heterocycles. The van der Waals surface area contributed by atoms with Crippen molar-refractivity contribution in [3.05, 3.63) is 65.7 Å². The number of morpholine rings is 1. The third-order valence-electron chi connectivity index (χ3n) is 5.18. The maximum absolute atomic E-state index is 5.97. The lowest BCUT2D eigenvalue weighted by molar-refractivity contribution is -0.0329. The molecule has 2 atom stereocenters. The Morgan fingerprint density at radius 3 is 2.74 bits per heavy atom. The molecule has 27 heavy (non-hydrogen) atoms. The number of hydrogen-bond acceptors (Lipinski definition) is 5. The maximum atomic E-state index is 5.97. The summed E-state index contributed by atoms with van der Waals surface area (Å²) in [5.74, 6) is 2.04. The van der Waals surface area contributed by atoms with Crippen molar-refractivity contribution in [2.75, 3.05) is 45.3 Å². The van der Waals surface area contributed by atoms with Crippen molar-refractivity contribution in [1.82, 2.24) is 10.2 Å². The van der Waals surface area contributed by atoms with Crippen LogP contribution in [-0.2, 0) is 11.2 Å². The number of ether oxygens (including phenoxy) is 2. The Morgan fingerprint density at radius 1 is 1.11 bits per heavy atom. The first-order valence-corrected chi connectivity index (χ1v) is 10.8. The molecule has 2 fully saturated rings. The molecule has 0 aromatic heterocycles. The van der Waals surface area contributed by atoms with Crippen molar-refractivity contribution in [2.45, 2.75) is 17.8 Å². The Bertz CT molecular complexity index is 689. The van der Waals surface area contributed by atoms with Crippen LogP contribution in [0.1, 0.15) is 17.2 Å². The van der Waals surface area contributed by atoms with Gasteiger partial charge in [0.1, 0.15) is 12.4 Å². The number of hydrogen-bond donors (Lipinski definition) is 1. The van der Waals surface area contributed by atoms with Gasteiger partial charge in [-0.25, -0.2) is 0 Å². The van der Waals surface area contributed by atoms with Gasteiger partial charge in [0, 0.05) is 37.3 Å². The van der Waals surface area contributed by atoms with Crippen molar-refractivity contribution in [3.8, 4) is 5.75 Å². The maximum Gasteiger partial charge on any atom is 0.119 e. The van der Waals surface area contributed by atoms with E-state index < -0.39 is 0 Å². The van der Waals surface area contributed by atoms with E-state index in [-0.39, 0.29) is 6.10 Å². The fourth-order valence-corrected chi connectivity index (χ4v) is 4.66. The van der Waals surface area contributed by atoms with Gasteiger partial charge in [-0.3, -0.25) is 4.90 Å². The number of nitrogens with zero attached hydrogens (tertiary/aromatic N) is 1. The molecular weight excluding hydrogens is 356 g/mol. The van der Waals surface area contributed by atoms with Gasteiger partial charge < -0.3 is 14.8 Å². The summed E-state index contributed by atoms with van der Waals surface area (Å²) in [6.45, 7) is 5.44. The van der Waals surface area contributed by atoms with Crippen LogP contribution in [0, 0.1) is 0 Å². The Labute approximate surface area is 166 Å². The molecule has 5 heteroatoms. The standard InChI is InChI=1S/C22H28N2O2S/c1-2-4-19(5-3-1)22-16-24(11-13-26-22)10-12-25-20-8-6-18(7-9-20)14-21-15-23-17-27-21/h1-9,21-23H,10-17H2. The van der Waals surface area contributed by atoms with Gasteiger partial charge in [-0.2, -0.15) is 0 Å². The molecule has 4 nitrogen and oxygen atoms in total. The van der Waals surface area contributed by atoms with Crippen molar-refractivity contribution in [1.29, 1.82) is 0 Å². The highest BCUT2D eigenvalue weighted by atomic mass is 32.2. The zero-order valence-corrected chi connectivity index (χ0v) is 16.5. The fraction of sp³-hybridized carbons (Fsp3) is 0.455. The van der Waals surface area contributed by atoms with Gasteiger partial charge in [0.05, 0.1) is 12.7 Å². The number of thioether (sulfide) groups is 1. The quantitative estimate of drug-likeness (QED) is 0.792. The van der Waals surface area contributed by atoms with Crippen LogP contribution in [0.15, 0.2) is 54.6 Å². The second-order valence-electron chi connectivity index (χ2n) is 7.15. The van der Waals surface area contributed by atoms with Crippen LogP contribution in [0.3, 0.4) is 0 Å². The topological polar surface area (TPSA) is 33.7 Å². The minimum Gasteiger partial charge on any atom is -0.492 e. The first kappa shape index (κ1) is 18.8. The summed E-state index contributed by atoms with van der Waals surface area (Å²) in [4.78, 5) is 2.43. The van der Waals surface area contributed by atoms with Crippen LogP contribution >= 0.6 is 11.8 Å². The van der Waals surface area contributed by atoms with Crippen LogP contribution in [0.25, 0.3) is 0 Å². The molecule has 0 radical (unpaired) electrons. The van der Waals surface area contributed by atoms with Gasteiger partial charge in [-0.1, -0.05) is 42.5 Å². The van der Waals surface area contributed by atoms with E-state index in [0.717, 1.165) is 50.8 Å². The second kappa shape index (κ2) is 9.60. The third-order valence-corrected chi connectivity index (χ3v) is 6.35. The first-order valence-electron chi connectivity index (χ1n) is 9.80. The molecule has 0 spiro atoms. The smallest absolute Gasteiger partial charge is 0.119 e. The van der Waals surface area contributed by atoms with E-state index in [1.165, 1.54) is 11.1 Å². The normalized spacial score (nSPS) is 23.4. The highest BCUT2D eigenvalue weighted by Gasteiger charge is 2.21. The molecule has 2 unspecified atom stereocenters. The van der Waals surface area contributed by atoms with E-state index in [9.17, 15) is 0 Å². The predicted molar refractivity (Wildman–Crippen MR) is 111 cm³/mol. The molecule has 0 amide bonds. The number of nitrogens with one attached hydrogen (secondary N) is 1. The van der Waals surface area contributed by atoms with Gasteiger partial charge in [0.25, 0.3) is 0 Å². The summed E-state index contributed by atoms with van der Waals surface area (Å²) in [7, 11) is 0. The van der Waals surface area contributed by atoms with Crippen LogP contribution in [0.4, 0.5) is 0 Å². The van der Waals surface area contributed by atoms with E-state index in [1.807, 2.05) is 17.8 Å². The Kier molecular flexibility index (Phi) is 6.69. The summed E-state index contributed by atoms with van der Waals surface area (Å²) in [6.07, 6.45) is 1.30. The average Bonchev–Trinajstić information content (AvgIpc) is 3.23. The molecule has 0 bridgehead atoms. The summed E-state index contributed by atoms with van der Waals surface area (Å²) in [5.41, 5.74) is 2.65. The predicted octanol–water partition coefficient (Wildman–Crippen LogP) is 3.34. The fourth-order valence-electron chi connectivity index (χ4n) is 3.64. The van der Waals surface area contributed by atoms with Gasteiger partial charge in [-0.15, -0.1) is 11.8 Å². The van der Waals surface area contributed by atoms with E-state index in [2.05, 4.69) is 58.7 Å². The lowest BCUT2D eigenvalue weighted by Crippen LogP contribution is -2.40. The number of rotatable bonds is 7. The van der Waals surface area contributed by atoms with Crippen molar-refractivity contribution < 1.29 is 9.47 Å². The van der Waals surface area contributed by atoms with Crippen LogP contribution in [0.2, 0.25) is 0 Å². The van der Waals surface area contributed by atoms with Crippen LogP contribution in [-0.4, -0.2) is 55.4 Å². The summed E-state index contributed by atoms with van der Waals surface area (Å²) < 4.78 is 11.9. The molecule has 2 aliphatic heterocycles. The Hall–Kier alpha value is -1.53. The van der Waals surface area contributed by atoms with Crippen LogP contribution < -0.4 is 10.1 Å². The van der Waals surface area contributed by atoms with Gasteiger partial charge in [-0.05, 0) is 29.7 Å². The van der Waals surface area contributed by atoms with Gasteiger partial charge >= 0.3 is 0 Å². The molecule has 2 aromatic rings. The summed E-state index contributed by atoms with van der Waals surface area (Å²) >= 11 is 2.01. The number of benzene rings is 2. The van der Waals surface area contributed by atoms with E-state index in [4.69, 9.17) is 9.47 Å². The minimum absolute atomic E-state index is 0.169. The van der Waals surface area contributed by atoms with E-state index >= 15 is 0 Å². The van der Waals surface area contributed by atoms with Crippen molar-refractivity contribution >= 4 is 11.8 Å². The zero-order valence-electron chi connectivity index (χ0n) is 15.7. The lowest BCUT2D eigenvalue weighted by Gasteiger charge is -2.33.